The highest BCUT2D eigenvalue weighted by atomic mass is 32.1. The number of thiocarbonyl (C=S) groups is 1. The van der Waals surface area contributed by atoms with E-state index in [4.69, 9.17) is 0 Å². The molecule has 2 nitrogen and oxygen atoms in total. The van der Waals surface area contributed by atoms with Gasteiger partial charge >= 0.3 is 0 Å². The van der Waals surface area contributed by atoms with Gasteiger partial charge in [0, 0.05) is 5.70 Å². The first-order valence-corrected chi connectivity index (χ1v) is 2.58. The molecule has 0 unspecified atom stereocenters. The van der Waals surface area contributed by atoms with Crippen molar-refractivity contribution in [3.63, 3.8) is 0 Å². The molecular formula is C5H9NOS. The van der Waals surface area contributed by atoms with Crippen molar-refractivity contribution < 1.29 is 4.74 Å². The maximum atomic E-state index is 4.64. The average Bonchev–Trinajstić information content (AvgIpc) is 1.65. The largest absolute Gasteiger partial charge is 0.474 e. The van der Waals surface area contributed by atoms with Crippen LogP contribution < -0.4 is 5.32 Å². The van der Waals surface area contributed by atoms with Gasteiger partial charge in [-0.1, -0.05) is 6.58 Å². The molecule has 46 valence electrons. The van der Waals surface area contributed by atoms with Gasteiger partial charge < -0.3 is 10.1 Å². The maximum absolute atomic E-state index is 4.64. The Balaban J connectivity index is 3.40. The summed E-state index contributed by atoms with van der Waals surface area (Å²) >= 11 is 4.64. The molecular weight excluding hydrogens is 122 g/mol. The molecule has 0 fully saturated rings. The van der Waals surface area contributed by atoms with Crippen molar-refractivity contribution in [1.29, 1.82) is 0 Å². The SMILES string of the molecule is C=C(C)NC(=S)OC. The summed E-state index contributed by atoms with van der Waals surface area (Å²) in [6.45, 7) is 5.38. The first-order valence-electron chi connectivity index (χ1n) is 2.17. The first-order chi connectivity index (χ1) is 3.66. The number of hydrogen-bond donors (Lipinski definition) is 1. The van der Waals surface area contributed by atoms with Crippen LogP contribution in [0.2, 0.25) is 0 Å². The molecule has 0 aromatic rings. The van der Waals surface area contributed by atoms with Gasteiger partial charge in [-0.15, -0.1) is 0 Å². The quantitative estimate of drug-likeness (QED) is 0.537. The number of methoxy groups -OCH3 is 1. The lowest BCUT2D eigenvalue weighted by atomic mass is 10.6. The van der Waals surface area contributed by atoms with Gasteiger partial charge in [0.05, 0.1) is 7.11 Å². The Bertz CT molecular complexity index is 111. The first kappa shape index (κ1) is 7.43. The molecule has 0 spiro atoms. The van der Waals surface area contributed by atoms with Gasteiger partial charge in [0.1, 0.15) is 0 Å². The lowest BCUT2D eigenvalue weighted by Crippen LogP contribution is -2.19. The van der Waals surface area contributed by atoms with E-state index in [1.165, 1.54) is 7.11 Å². The molecule has 0 saturated carbocycles. The van der Waals surface area contributed by atoms with Gasteiger partial charge in [0.25, 0.3) is 5.17 Å². The third-order valence-electron chi connectivity index (χ3n) is 0.501. The van der Waals surface area contributed by atoms with Crippen LogP contribution in [0.3, 0.4) is 0 Å². The molecule has 0 atom stereocenters. The molecule has 0 radical (unpaired) electrons. The van der Waals surface area contributed by atoms with E-state index in [0.29, 0.717) is 5.17 Å². The summed E-state index contributed by atoms with van der Waals surface area (Å²) in [5, 5.41) is 3.07. The van der Waals surface area contributed by atoms with E-state index in [-0.39, 0.29) is 0 Å². The van der Waals surface area contributed by atoms with E-state index < -0.39 is 0 Å². The molecule has 3 heteroatoms. The molecule has 0 heterocycles. The summed E-state index contributed by atoms with van der Waals surface area (Å²) in [4.78, 5) is 0. The van der Waals surface area contributed by atoms with E-state index in [1.54, 1.807) is 0 Å². The van der Waals surface area contributed by atoms with E-state index in [9.17, 15) is 0 Å². The second-order valence-corrected chi connectivity index (χ2v) is 1.77. The number of allylic oxidation sites excluding steroid dienone is 1. The van der Waals surface area contributed by atoms with Gasteiger partial charge in [-0.3, -0.25) is 0 Å². The number of nitrogens with one attached hydrogen (secondary N) is 1. The molecule has 0 aliphatic rings. The fourth-order valence-electron chi connectivity index (χ4n) is 0.225. The predicted octanol–water partition coefficient (Wildman–Crippen LogP) is 1.04. The van der Waals surface area contributed by atoms with Gasteiger partial charge in [-0.25, -0.2) is 0 Å². The minimum Gasteiger partial charge on any atom is -0.474 e. The van der Waals surface area contributed by atoms with Crippen LogP contribution in [0.5, 0.6) is 0 Å². The highest BCUT2D eigenvalue weighted by Crippen LogP contribution is 1.80. The molecule has 0 amide bonds. The zero-order valence-corrected chi connectivity index (χ0v) is 5.84. The zero-order valence-electron chi connectivity index (χ0n) is 5.02. The standard InChI is InChI=1S/C5H9NOS/c1-4(2)6-5(8)7-3/h1H2,2-3H3,(H,6,8). The highest BCUT2D eigenvalue weighted by Gasteiger charge is 1.88. The molecule has 0 aliphatic heterocycles. The number of hydrogen-bond acceptors (Lipinski definition) is 2. The van der Waals surface area contributed by atoms with Crippen LogP contribution in [0.4, 0.5) is 0 Å². The lowest BCUT2D eigenvalue weighted by Gasteiger charge is -2.02. The third kappa shape index (κ3) is 3.61. The summed E-state index contributed by atoms with van der Waals surface area (Å²) in [5.74, 6) is 0. The van der Waals surface area contributed by atoms with Crippen molar-refractivity contribution in [2.75, 3.05) is 7.11 Å². The maximum Gasteiger partial charge on any atom is 0.260 e. The molecule has 0 rings (SSSR count). The van der Waals surface area contributed by atoms with Crippen LogP contribution in [-0.4, -0.2) is 12.3 Å². The molecule has 0 bridgehead atoms. The number of ether oxygens (including phenoxy) is 1. The van der Waals surface area contributed by atoms with Crippen molar-refractivity contribution in [3.05, 3.63) is 12.3 Å². The molecule has 0 aromatic heterocycles. The van der Waals surface area contributed by atoms with Crippen LogP contribution in [0.25, 0.3) is 0 Å². The van der Waals surface area contributed by atoms with E-state index in [0.717, 1.165) is 5.70 Å². The van der Waals surface area contributed by atoms with Crippen LogP contribution >= 0.6 is 12.2 Å². The van der Waals surface area contributed by atoms with Crippen LogP contribution in [0.15, 0.2) is 12.3 Å². The van der Waals surface area contributed by atoms with Gasteiger partial charge in [0.2, 0.25) is 0 Å². The minimum absolute atomic E-state index is 0.359. The smallest absolute Gasteiger partial charge is 0.260 e. The normalized spacial score (nSPS) is 7.75. The Morgan fingerprint density at radius 2 is 2.25 bits per heavy atom. The van der Waals surface area contributed by atoms with Gasteiger partial charge in [-0.2, -0.15) is 0 Å². The van der Waals surface area contributed by atoms with E-state index in [2.05, 4.69) is 28.9 Å². The van der Waals surface area contributed by atoms with Crippen molar-refractivity contribution >= 4 is 17.4 Å². The van der Waals surface area contributed by atoms with Crippen LogP contribution in [0.1, 0.15) is 6.92 Å². The Kier molecular flexibility index (Phi) is 3.19. The summed E-state index contributed by atoms with van der Waals surface area (Å²) in [5.41, 5.74) is 0.789. The lowest BCUT2D eigenvalue weighted by molar-refractivity contribution is 0.398. The zero-order chi connectivity index (χ0) is 6.57. The van der Waals surface area contributed by atoms with Crippen LogP contribution in [0, 0.1) is 0 Å². The van der Waals surface area contributed by atoms with Crippen molar-refractivity contribution in [1.82, 2.24) is 5.32 Å². The van der Waals surface area contributed by atoms with E-state index >= 15 is 0 Å². The summed E-state index contributed by atoms with van der Waals surface area (Å²) in [6, 6.07) is 0. The number of rotatable bonds is 1. The molecule has 0 saturated heterocycles. The molecule has 8 heavy (non-hydrogen) atoms. The van der Waals surface area contributed by atoms with Crippen molar-refractivity contribution in [2.24, 2.45) is 0 Å². The Labute approximate surface area is 54.5 Å². The Morgan fingerprint density at radius 3 is 2.38 bits per heavy atom. The van der Waals surface area contributed by atoms with Crippen molar-refractivity contribution in [3.8, 4) is 0 Å². The summed E-state index contributed by atoms with van der Waals surface area (Å²) in [6.07, 6.45) is 0. The fraction of sp³-hybridized carbons (Fsp3) is 0.400. The van der Waals surface area contributed by atoms with Gasteiger partial charge in [0.15, 0.2) is 0 Å². The highest BCUT2D eigenvalue weighted by molar-refractivity contribution is 7.80. The van der Waals surface area contributed by atoms with Gasteiger partial charge in [-0.05, 0) is 19.1 Å². The second-order valence-electron chi connectivity index (χ2n) is 1.40. The predicted molar refractivity (Wildman–Crippen MR) is 37.6 cm³/mol. The fourth-order valence-corrected chi connectivity index (χ4v) is 0.399. The Morgan fingerprint density at radius 1 is 1.75 bits per heavy atom. The Hall–Kier alpha value is -0.570. The van der Waals surface area contributed by atoms with Crippen molar-refractivity contribution in [2.45, 2.75) is 6.92 Å². The monoisotopic (exact) mass is 131 g/mol. The molecule has 0 aromatic carbocycles. The summed E-state index contributed by atoms with van der Waals surface area (Å²) < 4.78 is 4.62. The average molecular weight is 131 g/mol. The van der Waals surface area contributed by atoms with E-state index in [1.807, 2.05) is 6.92 Å². The third-order valence-corrected chi connectivity index (χ3v) is 0.770. The molecule has 1 N–H and O–H groups in total. The minimum atomic E-state index is 0.359. The summed E-state index contributed by atoms with van der Waals surface area (Å²) in [7, 11) is 1.51. The topological polar surface area (TPSA) is 21.3 Å². The second kappa shape index (κ2) is 3.43. The molecule has 0 aliphatic carbocycles. The van der Waals surface area contributed by atoms with Crippen LogP contribution in [-0.2, 0) is 4.74 Å².